The number of ketones is 1. The predicted molar refractivity (Wildman–Crippen MR) is 133 cm³/mol. The third kappa shape index (κ3) is 3.80. The third-order valence-corrected chi connectivity index (χ3v) is 6.40. The summed E-state index contributed by atoms with van der Waals surface area (Å²) in [6.07, 6.45) is 2.09. The van der Waals surface area contributed by atoms with Gasteiger partial charge < -0.3 is 10.2 Å². The van der Waals surface area contributed by atoms with Crippen molar-refractivity contribution in [1.29, 1.82) is 0 Å². The molecule has 3 aromatic rings. The fraction of sp³-hybridized carbons (Fsp3) is 0.214. The maximum atomic E-state index is 14.0. The highest BCUT2D eigenvalue weighted by molar-refractivity contribution is 6.11. The number of anilines is 3. The molecule has 1 N–H and O–H groups in total. The number of carbonyl (C=O) groups excluding carboxylic acids is 2. The Bertz CT molecular complexity index is 1230. The molecule has 1 amide bonds. The molecule has 1 aliphatic carbocycles. The van der Waals surface area contributed by atoms with Crippen LogP contribution in [0.2, 0.25) is 0 Å². The van der Waals surface area contributed by atoms with Crippen molar-refractivity contribution in [2.75, 3.05) is 29.2 Å². The summed E-state index contributed by atoms with van der Waals surface area (Å²) >= 11 is 0. The van der Waals surface area contributed by atoms with Gasteiger partial charge in [0.25, 0.3) is 5.91 Å². The Labute approximate surface area is 194 Å². The zero-order valence-corrected chi connectivity index (χ0v) is 18.9. The number of para-hydroxylation sites is 2. The highest BCUT2D eigenvalue weighted by atomic mass is 16.2. The normalized spacial score (nSPS) is 17.6. The van der Waals surface area contributed by atoms with E-state index in [1.807, 2.05) is 97.9 Å². The molecular formula is C28H27N3O2. The van der Waals surface area contributed by atoms with Crippen LogP contribution in [0.4, 0.5) is 17.1 Å². The molecule has 0 aromatic heterocycles. The predicted octanol–water partition coefficient (Wildman–Crippen LogP) is 5.57. The molecule has 0 bridgehead atoms. The van der Waals surface area contributed by atoms with Crippen molar-refractivity contribution >= 4 is 28.8 Å². The number of Topliss-reactive ketones (excluding diaryl/α,β-unsaturated/α-hetero) is 1. The first kappa shape index (κ1) is 21.0. The van der Waals surface area contributed by atoms with Gasteiger partial charge in [0.2, 0.25) is 0 Å². The highest BCUT2D eigenvalue weighted by Gasteiger charge is 2.39. The van der Waals surface area contributed by atoms with Gasteiger partial charge in [-0.1, -0.05) is 42.5 Å². The summed E-state index contributed by atoms with van der Waals surface area (Å²) < 4.78 is 0. The number of nitrogens with zero attached hydrogens (tertiary/aromatic N) is 2. The standard InChI is InChI=1S/C28H27N3O2/c1-30(2)21-17-15-19(16-18-21)27-26-23(12-8-14-25(26)32)29-22-11-6-7-13-24(22)31(27)28(33)20-9-4-3-5-10-20/h3-7,9-11,13,15-18,27,29H,8,12,14H2,1-2H3/t27-/m1/s1. The molecule has 0 unspecified atom stereocenters. The molecule has 1 atom stereocenters. The molecule has 5 rings (SSSR count). The summed E-state index contributed by atoms with van der Waals surface area (Å²) in [7, 11) is 3.99. The van der Waals surface area contributed by atoms with Crippen LogP contribution in [-0.2, 0) is 4.79 Å². The van der Waals surface area contributed by atoms with Crippen molar-refractivity contribution < 1.29 is 9.59 Å². The molecule has 0 spiro atoms. The first-order valence-electron chi connectivity index (χ1n) is 11.3. The minimum absolute atomic E-state index is 0.101. The van der Waals surface area contributed by atoms with Gasteiger partial charge in [-0.2, -0.15) is 0 Å². The van der Waals surface area contributed by atoms with E-state index in [1.165, 1.54) is 0 Å². The highest BCUT2D eigenvalue weighted by Crippen LogP contribution is 2.45. The fourth-order valence-corrected chi connectivity index (χ4v) is 4.75. The van der Waals surface area contributed by atoms with E-state index in [4.69, 9.17) is 0 Å². The van der Waals surface area contributed by atoms with Crippen LogP contribution in [0, 0.1) is 0 Å². The summed E-state index contributed by atoms with van der Waals surface area (Å²) in [6, 6.07) is 24.7. The number of fused-ring (bicyclic) bond motifs is 1. The van der Waals surface area contributed by atoms with Gasteiger partial charge in [0, 0.05) is 43.0 Å². The molecule has 2 aliphatic rings. The Morgan fingerprint density at radius 2 is 1.61 bits per heavy atom. The van der Waals surface area contributed by atoms with Crippen molar-refractivity contribution in [2.45, 2.75) is 25.3 Å². The Morgan fingerprint density at radius 1 is 0.909 bits per heavy atom. The summed E-state index contributed by atoms with van der Waals surface area (Å²) in [5.41, 5.74) is 5.81. The average molecular weight is 438 g/mol. The number of amides is 1. The lowest BCUT2D eigenvalue weighted by Gasteiger charge is -2.34. The smallest absolute Gasteiger partial charge is 0.259 e. The second-order valence-electron chi connectivity index (χ2n) is 8.74. The summed E-state index contributed by atoms with van der Waals surface area (Å²) in [6.45, 7) is 0. The Balaban J connectivity index is 1.75. The van der Waals surface area contributed by atoms with Crippen LogP contribution in [0.1, 0.15) is 41.2 Å². The first-order chi connectivity index (χ1) is 16.0. The quantitative estimate of drug-likeness (QED) is 0.582. The molecule has 0 saturated carbocycles. The van der Waals surface area contributed by atoms with E-state index in [-0.39, 0.29) is 11.7 Å². The molecule has 3 aromatic carbocycles. The monoisotopic (exact) mass is 437 g/mol. The first-order valence-corrected chi connectivity index (χ1v) is 11.3. The lowest BCUT2D eigenvalue weighted by molar-refractivity contribution is -0.116. The molecule has 1 heterocycles. The lowest BCUT2D eigenvalue weighted by atomic mass is 9.85. The van der Waals surface area contributed by atoms with E-state index in [9.17, 15) is 9.59 Å². The number of rotatable bonds is 3. The van der Waals surface area contributed by atoms with Gasteiger partial charge in [-0.05, 0) is 54.8 Å². The summed E-state index contributed by atoms with van der Waals surface area (Å²) in [5.74, 6) is -0.0252. The zero-order chi connectivity index (χ0) is 22.9. The molecule has 5 nitrogen and oxygen atoms in total. The van der Waals surface area contributed by atoms with E-state index in [1.54, 1.807) is 4.90 Å². The number of hydrogen-bond acceptors (Lipinski definition) is 4. The topological polar surface area (TPSA) is 52.7 Å². The number of nitrogens with one attached hydrogen (secondary N) is 1. The molecule has 0 saturated heterocycles. The van der Waals surface area contributed by atoms with Crippen LogP contribution in [0.5, 0.6) is 0 Å². The lowest BCUT2D eigenvalue weighted by Crippen LogP contribution is -2.38. The van der Waals surface area contributed by atoms with Crippen LogP contribution >= 0.6 is 0 Å². The van der Waals surface area contributed by atoms with E-state index in [0.29, 0.717) is 17.6 Å². The van der Waals surface area contributed by atoms with E-state index in [2.05, 4.69) is 5.32 Å². The number of hydrogen-bond donors (Lipinski definition) is 1. The Kier molecular flexibility index (Phi) is 5.47. The van der Waals surface area contributed by atoms with Crippen LogP contribution in [-0.4, -0.2) is 25.8 Å². The van der Waals surface area contributed by atoms with Gasteiger partial charge in [0.1, 0.15) is 0 Å². The second kappa shape index (κ2) is 8.58. The maximum absolute atomic E-state index is 14.0. The van der Waals surface area contributed by atoms with Gasteiger partial charge >= 0.3 is 0 Å². The van der Waals surface area contributed by atoms with Gasteiger partial charge in [0.05, 0.1) is 17.4 Å². The van der Waals surface area contributed by atoms with Gasteiger partial charge in [-0.15, -0.1) is 0 Å². The zero-order valence-electron chi connectivity index (χ0n) is 18.9. The minimum Gasteiger partial charge on any atom is -0.378 e. The molecule has 0 fully saturated rings. The van der Waals surface area contributed by atoms with Crippen molar-refractivity contribution in [2.24, 2.45) is 0 Å². The van der Waals surface area contributed by atoms with Crippen LogP contribution in [0.3, 0.4) is 0 Å². The van der Waals surface area contributed by atoms with Crippen LogP contribution in [0.25, 0.3) is 0 Å². The number of benzene rings is 3. The van der Waals surface area contributed by atoms with Crippen LogP contribution < -0.4 is 15.1 Å². The molecule has 1 aliphatic heterocycles. The van der Waals surface area contributed by atoms with Crippen molar-refractivity contribution in [3.05, 3.63) is 101 Å². The minimum atomic E-state index is -0.507. The van der Waals surface area contributed by atoms with Crippen molar-refractivity contribution in [3.8, 4) is 0 Å². The molecule has 5 heteroatoms. The largest absolute Gasteiger partial charge is 0.378 e. The Hall–Kier alpha value is -3.86. The molecular weight excluding hydrogens is 410 g/mol. The molecule has 0 radical (unpaired) electrons. The van der Waals surface area contributed by atoms with E-state index < -0.39 is 6.04 Å². The third-order valence-electron chi connectivity index (χ3n) is 6.40. The molecule has 166 valence electrons. The van der Waals surface area contributed by atoms with E-state index >= 15 is 0 Å². The summed E-state index contributed by atoms with van der Waals surface area (Å²) in [4.78, 5) is 31.2. The van der Waals surface area contributed by atoms with Gasteiger partial charge in [-0.25, -0.2) is 0 Å². The average Bonchev–Trinajstić information content (AvgIpc) is 2.99. The number of allylic oxidation sites excluding steroid dienone is 1. The Morgan fingerprint density at radius 3 is 2.33 bits per heavy atom. The maximum Gasteiger partial charge on any atom is 0.259 e. The van der Waals surface area contributed by atoms with Crippen molar-refractivity contribution in [1.82, 2.24) is 0 Å². The van der Waals surface area contributed by atoms with Crippen molar-refractivity contribution in [3.63, 3.8) is 0 Å². The van der Waals surface area contributed by atoms with Gasteiger partial charge in [-0.3, -0.25) is 14.5 Å². The fourth-order valence-electron chi connectivity index (χ4n) is 4.75. The summed E-state index contributed by atoms with van der Waals surface area (Å²) in [5, 5.41) is 3.51. The SMILES string of the molecule is CN(C)c1ccc([C@@H]2C3=C(CCCC3=O)Nc3ccccc3N2C(=O)c2ccccc2)cc1. The van der Waals surface area contributed by atoms with E-state index in [0.717, 1.165) is 41.2 Å². The number of carbonyl (C=O) groups is 2. The van der Waals surface area contributed by atoms with Crippen LogP contribution in [0.15, 0.2) is 90.1 Å². The second-order valence-corrected chi connectivity index (χ2v) is 8.74. The molecule has 33 heavy (non-hydrogen) atoms. The van der Waals surface area contributed by atoms with Gasteiger partial charge in [0.15, 0.2) is 5.78 Å².